The fourth-order valence-electron chi connectivity index (χ4n) is 1.55. The first-order chi connectivity index (χ1) is 6.43. The Kier molecular flexibility index (Phi) is 3.10. The van der Waals surface area contributed by atoms with Crippen molar-refractivity contribution in [1.29, 1.82) is 0 Å². The second-order valence-corrected chi connectivity index (χ2v) is 4.07. The van der Waals surface area contributed by atoms with Crippen molar-refractivity contribution in [3.05, 3.63) is 0 Å². The summed E-state index contributed by atoms with van der Waals surface area (Å²) in [6.07, 6.45) is 0. The van der Waals surface area contributed by atoms with Gasteiger partial charge in [-0.2, -0.15) is 0 Å². The third-order valence-corrected chi connectivity index (χ3v) is 2.56. The summed E-state index contributed by atoms with van der Waals surface area (Å²) >= 11 is 0. The third-order valence-electron chi connectivity index (χ3n) is 2.56. The lowest BCUT2D eigenvalue weighted by Crippen LogP contribution is -2.64. The van der Waals surface area contributed by atoms with Crippen LogP contribution in [0.2, 0.25) is 0 Å². The van der Waals surface area contributed by atoms with Gasteiger partial charge in [0.05, 0.1) is 0 Å². The van der Waals surface area contributed by atoms with Gasteiger partial charge in [-0.1, -0.05) is 13.8 Å². The Labute approximate surface area is 83.6 Å². The van der Waals surface area contributed by atoms with Gasteiger partial charge in [-0.15, -0.1) is 0 Å². The molecular weight excluding hydrogens is 182 g/mol. The van der Waals surface area contributed by atoms with Crippen LogP contribution in [0.3, 0.4) is 0 Å². The van der Waals surface area contributed by atoms with Gasteiger partial charge in [-0.05, 0) is 5.92 Å². The van der Waals surface area contributed by atoms with Crippen LogP contribution in [0.25, 0.3) is 0 Å². The molecule has 0 aromatic carbocycles. The van der Waals surface area contributed by atoms with Gasteiger partial charge >= 0.3 is 0 Å². The molecule has 1 aliphatic heterocycles. The van der Waals surface area contributed by atoms with Crippen molar-refractivity contribution in [2.75, 3.05) is 13.6 Å². The molecule has 5 heteroatoms. The summed E-state index contributed by atoms with van der Waals surface area (Å²) in [5.74, 6) is -0.478. The molecule has 1 heterocycles. The highest BCUT2D eigenvalue weighted by atomic mass is 16.2. The predicted molar refractivity (Wildman–Crippen MR) is 52.4 cm³/mol. The molecule has 0 spiro atoms. The van der Waals surface area contributed by atoms with Gasteiger partial charge in [0.2, 0.25) is 11.8 Å². The van der Waals surface area contributed by atoms with Crippen molar-refractivity contribution >= 4 is 11.8 Å². The number of rotatable bonds is 2. The van der Waals surface area contributed by atoms with E-state index in [9.17, 15) is 9.59 Å². The van der Waals surface area contributed by atoms with Crippen LogP contribution in [-0.4, -0.2) is 42.4 Å². The van der Waals surface area contributed by atoms with Crippen molar-refractivity contribution in [1.82, 2.24) is 10.2 Å². The summed E-state index contributed by atoms with van der Waals surface area (Å²) in [4.78, 5) is 24.0. The minimum Gasteiger partial charge on any atom is -0.368 e. The van der Waals surface area contributed by atoms with E-state index in [0.717, 1.165) is 0 Å². The number of carbonyl (C=O) groups excluding carboxylic acids is 2. The van der Waals surface area contributed by atoms with Gasteiger partial charge in [0, 0.05) is 19.6 Å². The molecule has 5 nitrogen and oxygen atoms in total. The van der Waals surface area contributed by atoms with Crippen LogP contribution in [0.5, 0.6) is 0 Å². The number of piperazine rings is 1. The van der Waals surface area contributed by atoms with Crippen LogP contribution in [0.4, 0.5) is 0 Å². The number of nitrogens with one attached hydrogen (secondary N) is 1. The zero-order valence-electron chi connectivity index (χ0n) is 8.78. The van der Waals surface area contributed by atoms with E-state index in [0.29, 0.717) is 12.5 Å². The normalized spacial score (nSPS) is 28.3. The first-order valence-electron chi connectivity index (χ1n) is 4.73. The van der Waals surface area contributed by atoms with E-state index in [4.69, 9.17) is 5.73 Å². The summed E-state index contributed by atoms with van der Waals surface area (Å²) in [7, 11) is 1.69. The molecule has 2 amide bonds. The number of likely N-dealkylation sites (N-methyl/N-ethyl adjacent to an activating group) is 1. The predicted octanol–water partition coefficient (Wildman–Crippen LogP) is -1.07. The number of nitrogens with two attached hydrogens (primary N) is 1. The summed E-state index contributed by atoms with van der Waals surface area (Å²) in [6, 6.07) is -0.726. The number of primary amides is 1. The average molecular weight is 199 g/mol. The van der Waals surface area contributed by atoms with Crippen LogP contribution < -0.4 is 11.1 Å². The molecule has 0 saturated carbocycles. The Hall–Kier alpha value is -1.10. The van der Waals surface area contributed by atoms with Gasteiger partial charge in [0.25, 0.3) is 0 Å². The summed E-state index contributed by atoms with van der Waals surface area (Å²) < 4.78 is 0. The maximum absolute atomic E-state index is 11.5. The Morgan fingerprint density at radius 3 is 2.64 bits per heavy atom. The molecule has 0 bridgehead atoms. The maximum Gasteiger partial charge on any atom is 0.249 e. The lowest BCUT2D eigenvalue weighted by molar-refractivity contribution is -0.140. The van der Waals surface area contributed by atoms with Crippen LogP contribution in [0.1, 0.15) is 13.8 Å². The highest BCUT2D eigenvalue weighted by Crippen LogP contribution is 2.10. The van der Waals surface area contributed by atoms with Gasteiger partial charge in [0.15, 0.2) is 6.04 Å². The molecule has 0 aliphatic carbocycles. The van der Waals surface area contributed by atoms with E-state index in [1.165, 1.54) is 0 Å². The number of amides is 2. The van der Waals surface area contributed by atoms with Gasteiger partial charge in [-0.3, -0.25) is 14.9 Å². The van der Waals surface area contributed by atoms with Crippen molar-refractivity contribution < 1.29 is 9.59 Å². The first kappa shape index (κ1) is 11.0. The molecule has 1 aliphatic rings. The number of hydrogen-bond acceptors (Lipinski definition) is 3. The lowest BCUT2D eigenvalue weighted by atomic mass is 9.99. The largest absolute Gasteiger partial charge is 0.368 e. The van der Waals surface area contributed by atoms with E-state index in [1.54, 1.807) is 11.9 Å². The lowest BCUT2D eigenvalue weighted by Gasteiger charge is -2.36. The monoisotopic (exact) mass is 199 g/mol. The van der Waals surface area contributed by atoms with Gasteiger partial charge in [-0.25, -0.2) is 0 Å². The van der Waals surface area contributed by atoms with Crippen molar-refractivity contribution in [2.45, 2.75) is 25.9 Å². The van der Waals surface area contributed by atoms with Crippen LogP contribution in [0, 0.1) is 5.92 Å². The minimum absolute atomic E-state index is 0.134. The fraction of sp³-hybridized carbons (Fsp3) is 0.778. The second-order valence-electron chi connectivity index (χ2n) is 4.07. The standard InChI is InChI=1S/C9H17N3O2/c1-5(2)6-4-12(3)9(14)7(11-6)8(10)13/h5-7,11H,4H2,1-3H3,(H2,10,13). The van der Waals surface area contributed by atoms with Gasteiger partial charge in [0.1, 0.15) is 0 Å². The molecule has 2 atom stereocenters. The Morgan fingerprint density at radius 2 is 2.21 bits per heavy atom. The zero-order chi connectivity index (χ0) is 10.9. The van der Waals surface area contributed by atoms with Crippen LogP contribution >= 0.6 is 0 Å². The highest BCUT2D eigenvalue weighted by molar-refractivity contribution is 6.04. The SMILES string of the molecule is CC(C)C1CN(C)C(=O)C(C(N)=O)N1. The Bertz CT molecular complexity index is 252. The average Bonchev–Trinajstić information content (AvgIpc) is 2.08. The van der Waals surface area contributed by atoms with Crippen LogP contribution in [-0.2, 0) is 9.59 Å². The van der Waals surface area contributed by atoms with Crippen LogP contribution in [0.15, 0.2) is 0 Å². The molecule has 1 saturated heterocycles. The number of hydrogen-bond donors (Lipinski definition) is 2. The summed E-state index contributed by atoms with van der Waals surface area (Å²) in [5.41, 5.74) is 5.13. The van der Waals surface area contributed by atoms with E-state index in [1.807, 2.05) is 13.8 Å². The number of carbonyl (C=O) groups is 2. The third kappa shape index (κ3) is 2.04. The first-order valence-corrected chi connectivity index (χ1v) is 4.73. The quantitative estimate of drug-likeness (QED) is 0.556. The Morgan fingerprint density at radius 1 is 1.64 bits per heavy atom. The molecule has 80 valence electrons. The summed E-state index contributed by atoms with van der Waals surface area (Å²) in [5, 5.41) is 2.97. The van der Waals surface area contributed by atoms with Crippen molar-refractivity contribution in [2.24, 2.45) is 11.7 Å². The fourth-order valence-corrected chi connectivity index (χ4v) is 1.55. The number of nitrogens with zero attached hydrogens (tertiary/aromatic N) is 1. The van der Waals surface area contributed by atoms with E-state index in [-0.39, 0.29) is 11.9 Å². The molecular formula is C9H17N3O2. The minimum atomic E-state index is -0.860. The second kappa shape index (κ2) is 3.96. The Balaban J connectivity index is 2.76. The smallest absolute Gasteiger partial charge is 0.249 e. The van der Waals surface area contributed by atoms with Crippen molar-refractivity contribution in [3.63, 3.8) is 0 Å². The van der Waals surface area contributed by atoms with E-state index in [2.05, 4.69) is 5.32 Å². The van der Waals surface area contributed by atoms with E-state index < -0.39 is 11.9 Å². The summed E-state index contributed by atoms with van der Waals surface area (Å²) in [6.45, 7) is 4.71. The van der Waals surface area contributed by atoms with Gasteiger partial charge < -0.3 is 10.6 Å². The molecule has 1 rings (SSSR count). The highest BCUT2D eigenvalue weighted by Gasteiger charge is 2.36. The molecule has 0 aromatic rings. The topological polar surface area (TPSA) is 75.4 Å². The molecule has 0 radical (unpaired) electrons. The maximum atomic E-state index is 11.5. The zero-order valence-corrected chi connectivity index (χ0v) is 8.78. The van der Waals surface area contributed by atoms with Crippen molar-refractivity contribution in [3.8, 4) is 0 Å². The molecule has 14 heavy (non-hydrogen) atoms. The molecule has 3 N–H and O–H groups in total. The molecule has 2 unspecified atom stereocenters. The van der Waals surface area contributed by atoms with E-state index >= 15 is 0 Å². The molecule has 0 aromatic heterocycles. The molecule has 1 fully saturated rings.